The highest BCUT2D eigenvalue weighted by atomic mass is 28.3. The fraction of sp³-hybridized carbons (Fsp3) is 0.522. The van der Waals surface area contributed by atoms with Crippen LogP contribution in [0.1, 0.15) is 42.6 Å². The lowest BCUT2D eigenvalue weighted by Gasteiger charge is -2.27. The number of hydrogen-bond acceptors (Lipinski definition) is 6. The molecule has 0 aliphatic heterocycles. The summed E-state index contributed by atoms with van der Waals surface area (Å²) in [6, 6.07) is 6.66. The minimum absolute atomic E-state index is 0.150. The Hall–Kier alpha value is -2.59. The van der Waals surface area contributed by atoms with E-state index in [2.05, 4.69) is 31.1 Å². The van der Waals surface area contributed by atoms with Gasteiger partial charge in [-0.3, -0.25) is 9.59 Å². The SMILES string of the molecule is CCOC(=O)C(C(=O)OCC)[C@@H](c1ccc(C(=O)OC)cc1)[C@@H](C)C#C[Si](C)(C)C. The third kappa shape index (κ3) is 7.34. The van der Waals surface area contributed by atoms with E-state index in [9.17, 15) is 14.4 Å². The first-order valence-electron chi connectivity index (χ1n) is 10.1. The summed E-state index contributed by atoms with van der Waals surface area (Å²) < 4.78 is 15.1. The van der Waals surface area contributed by atoms with Gasteiger partial charge in [-0.05, 0) is 31.5 Å². The average Bonchev–Trinajstić information content (AvgIpc) is 2.69. The van der Waals surface area contributed by atoms with Gasteiger partial charge in [-0.2, -0.15) is 0 Å². The fourth-order valence-electron chi connectivity index (χ4n) is 3.00. The summed E-state index contributed by atoms with van der Waals surface area (Å²) in [7, 11) is -0.360. The zero-order valence-electron chi connectivity index (χ0n) is 18.9. The second-order valence-corrected chi connectivity index (χ2v) is 12.7. The van der Waals surface area contributed by atoms with E-state index < -0.39 is 37.8 Å². The molecule has 0 aliphatic carbocycles. The van der Waals surface area contributed by atoms with E-state index >= 15 is 0 Å². The van der Waals surface area contributed by atoms with Gasteiger partial charge in [0.1, 0.15) is 8.07 Å². The minimum Gasteiger partial charge on any atom is -0.465 e. The molecule has 0 saturated heterocycles. The molecule has 0 aromatic heterocycles. The predicted octanol–water partition coefficient (Wildman–Crippen LogP) is 3.82. The summed E-state index contributed by atoms with van der Waals surface area (Å²) in [4.78, 5) is 37.3. The molecular weight excluding hydrogens is 400 g/mol. The van der Waals surface area contributed by atoms with Crippen molar-refractivity contribution in [1.29, 1.82) is 0 Å². The smallest absolute Gasteiger partial charge is 0.337 e. The van der Waals surface area contributed by atoms with Crippen LogP contribution >= 0.6 is 0 Å². The van der Waals surface area contributed by atoms with E-state index in [1.807, 2.05) is 6.92 Å². The number of carbonyl (C=O) groups excluding carboxylic acids is 3. The number of methoxy groups -OCH3 is 1. The molecule has 0 radical (unpaired) electrons. The highest BCUT2D eigenvalue weighted by Crippen LogP contribution is 2.34. The van der Waals surface area contributed by atoms with Gasteiger partial charge in [0.05, 0.1) is 25.9 Å². The number of ether oxygens (including phenoxy) is 3. The van der Waals surface area contributed by atoms with Crippen molar-refractivity contribution in [3.8, 4) is 11.5 Å². The van der Waals surface area contributed by atoms with Crippen molar-refractivity contribution in [2.75, 3.05) is 20.3 Å². The molecule has 1 aromatic rings. The van der Waals surface area contributed by atoms with E-state index in [0.29, 0.717) is 11.1 Å². The number of benzene rings is 1. The van der Waals surface area contributed by atoms with Gasteiger partial charge in [0.2, 0.25) is 0 Å². The maximum atomic E-state index is 12.8. The van der Waals surface area contributed by atoms with E-state index in [1.165, 1.54) is 7.11 Å². The Labute approximate surface area is 180 Å². The van der Waals surface area contributed by atoms with Gasteiger partial charge in [0.15, 0.2) is 5.92 Å². The van der Waals surface area contributed by atoms with Crippen LogP contribution in [-0.2, 0) is 23.8 Å². The number of hydrogen-bond donors (Lipinski definition) is 0. The normalized spacial score (nSPS) is 12.9. The first-order valence-corrected chi connectivity index (χ1v) is 13.6. The van der Waals surface area contributed by atoms with Crippen molar-refractivity contribution in [2.45, 2.75) is 46.3 Å². The molecule has 7 heteroatoms. The summed E-state index contributed by atoms with van der Waals surface area (Å²) in [5.41, 5.74) is 4.40. The molecule has 2 atom stereocenters. The van der Waals surface area contributed by atoms with Gasteiger partial charge in [0, 0.05) is 11.8 Å². The summed E-state index contributed by atoms with van der Waals surface area (Å²) in [5, 5.41) is 0. The predicted molar refractivity (Wildman–Crippen MR) is 118 cm³/mol. The molecule has 0 fully saturated rings. The fourth-order valence-corrected chi connectivity index (χ4v) is 3.66. The minimum atomic E-state index is -1.67. The van der Waals surface area contributed by atoms with Crippen LogP contribution in [0.4, 0.5) is 0 Å². The quantitative estimate of drug-likeness (QED) is 0.204. The standard InChI is InChI=1S/C23H32O6Si/c1-8-28-22(25)20(23(26)29-9-2)19(16(3)14-15-30(5,6)7)17-10-12-18(13-11-17)21(24)27-4/h10-13,16,19-20H,8-9H2,1-7H3/t16-,19+/m0/s1. The van der Waals surface area contributed by atoms with Crippen LogP contribution in [0.3, 0.4) is 0 Å². The van der Waals surface area contributed by atoms with E-state index in [0.717, 1.165) is 0 Å². The molecule has 0 bridgehead atoms. The third-order valence-corrected chi connectivity index (χ3v) is 5.26. The van der Waals surface area contributed by atoms with E-state index in [4.69, 9.17) is 14.2 Å². The van der Waals surface area contributed by atoms with Crippen LogP contribution in [0.5, 0.6) is 0 Å². The topological polar surface area (TPSA) is 78.9 Å². The second-order valence-electron chi connectivity index (χ2n) is 7.93. The van der Waals surface area contributed by atoms with Crippen LogP contribution in [0, 0.1) is 23.3 Å². The number of carbonyl (C=O) groups is 3. The molecule has 1 rings (SSSR count). The van der Waals surface area contributed by atoms with E-state index in [1.54, 1.807) is 38.1 Å². The monoisotopic (exact) mass is 432 g/mol. The van der Waals surface area contributed by atoms with Crippen molar-refractivity contribution >= 4 is 26.0 Å². The van der Waals surface area contributed by atoms with Crippen LogP contribution in [0.15, 0.2) is 24.3 Å². The Morgan fingerprint density at radius 2 is 1.47 bits per heavy atom. The van der Waals surface area contributed by atoms with Crippen molar-refractivity contribution in [2.24, 2.45) is 11.8 Å². The first kappa shape index (κ1) is 25.4. The molecule has 0 spiro atoms. The maximum Gasteiger partial charge on any atom is 0.337 e. The van der Waals surface area contributed by atoms with Crippen LogP contribution in [0.2, 0.25) is 19.6 Å². The van der Waals surface area contributed by atoms with Gasteiger partial charge in [-0.1, -0.05) is 38.7 Å². The Balaban J connectivity index is 3.52. The van der Waals surface area contributed by atoms with Gasteiger partial charge in [-0.15, -0.1) is 11.5 Å². The molecule has 0 N–H and O–H groups in total. The molecule has 6 nitrogen and oxygen atoms in total. The highest BCUT2D eigenvalue weighted by molar-refractivity contribution is 6.83. The van der Waals surface area contributed by atoms with Crippen molar-refractivity contribution in [1.82, 2.24) is 0 Å². The number of esters is 3. The largest absolute Gasteiger partial charge is 0.465 e. The van der Waals surface area contributed by atoms with E-state index in [-0.39, 0.29) is 19.1 Å². The second kappa shape index (κ2) is 11.6. The van der Waals surface area contributed by atoms with Crippen molar-refractivity contribution < 1.29 is 28.6 Å². The molecule has 0 aliphatic rings. The Morgan fingerprint density at radius 3 is 1.87 bits per heavy atom. The molecular formula is C23H32O6Si. The lowest BCUT2D eigenvalue weighted by atomic mass is 9.77. The van der Waals surface area contributed by atoms with Crippen LogP contribution < -0.4 is 0 Å². The van der Waals surface area contributed by atoms with Crippen LogP contribution in [0.25, 0.3) is 0 Å². The zero-order valence-corrected chi connectivity index (χ0v) is 19.9. The molecule has 164 valence electrons. The van der Waals surface area contributed by atoms with Crippen molar-refractivity contribution in [3.63, 3.8) is 0 Å². The third-order valence-electron chi connectivity index (χ3n) is 4.37. The molecule has 0 unspecified atom stereocenters. The highest BCUT2D eigenvalue weighted by Gasteiger charge is 2.41. The Morgan fingerprint density at radius 1 is 0.967 bits per heavy atom. The zero-order chi connectivity index (χ0) is 22.9. The first-order chi connectivity index (χ1) is 14.1. The molecule has 30 heavy (non-hydrogen) atoms. The maximum absolute atomic E-state index is 12.8. The number of rotatable bonds is 8. The Kier molecular flexibility index (Phi) is 9.80. The van der Waals surface area contributed by atoms with Gasteiger partial charge >= 0.3 is 17.9 Å². The van der Waals surface area contributed by atoms with Crippen LogP contribution in [-0.4, -0.2) is 46.3 Å². The molecule has 0 amide bonds. The molecule has 0 heterocycles. The Bertz CT molecular complexity index is 780. The van der Waals surface area contributed by atoms with Gasteiger partial charge < -0.3 is 14.2 Å². The van der Waals surface area contributed by atoms with Crippen molar-refractivity contribution in [3.05, 3.63) is 35.4 Å². The molecule has 1 aromatic carbocycles. The lowest BCUT2D eigenvalue weighted by Crippen LogP contribution is -2.36. The van der Waals surface area contributed by atoms with Gasteiger partial charge in [-0.25, -0.2) is 4.79 Å². The average molecular weight is 433 g/mol. The summed E-state index contributed by atoms with van der Waals surface area (Å²) in [5.74, 6) is -0.548. The lowest BCUT2D eigenvalue weighted by molar-refractivity contribution is -0.163. The molecule has 0 saturated carbocycles. The summed E-state index contributed by atoms with van der Waals surface area (Å²) in [6.45, 7) is 11.9. The summed E-state index contributed by atoms with van der Waals surface area (Å²) >= 11 is 0. The van der Waals surface area contributed by atoms with Gasteiger partial charge in [0.25, 0.3) is 0 Å². The summed E-state index contributed by atoms with van der Waals surface area (Å²) in [6.07, 6.45) is 0.